The highest BCUT2D eigenvalue weighted by molar-refractivity contribution is 6.67. The number of ether oxygens (including phenoxy) is 1. The van der Waals surface area contributed by atoms with Crippen molar-refractivity contribution in [2.75, 3.05) is 12.1 Å². The lowest BCUT2D eigenvalue weighted by atomic mass is 9.91. The molecule has 10 nitrogen and oxygen atoms in total. The zero-order chi connectivity index (χ0) is 19.8. The van der Waals surface area contributed by atoms with Gasteiger partial charge in [-0.15, -0.1) is 0 Å². The van der Waals surface area contributed by atoms with E-state index in [1.54, 1.807) is 5.48 Å². The fourth-order valence-electron chi connectivity index (χ4n) is 3.19. The summed E-state index contributed by atoms with van der Waals surface area (Å²) in [7, 11) is 0. The quantitative estimate of drug-likeness (QED) is 0.323. The summed E-state index contributed by atoms with van der Waals surface area (Å²) in [6, 6.07) is 7.02. The number of nitrogens with zero attached hydrogens (tertiary/aromatic N) is 2. The third-order valence-corrected chi connectivity index (χ3v) is 4.62. The Kier molecular flexibility index (Phi) is 5.29. The van der Waals surface area contributed by atoms with Crippen molar-refractivity contribution in [2.24, 2.45) is 0 Å². The zero-order valence-corrected chi connectivity index (χ0v) is 14.4. The molecular weight excluding hydrogens is 382 g/mol. The van der Waals surface area contributed by atoms with E-state index in [0.717, 1.165) is 10.8 Å². The number of carbonyl (C=O) groups is 1. The van der Waals surface area contributed by atoms with Crippen LogP contribution in [0.25, 0.3) is 0 Å². The Morgan fingerprint density at radius 2 is 2.04 bits per heavy atom. The van der Waals surface area contributed by atoms with Crippen LogP contribution in [-0.4, -0.2) is 60.2 Å². The lowest BCUT2D eigenvalue weighted by Gasteiger charge is -2.35. The van der Waals surface area contributed by atoms with Gasteiger partial charge < -0.3 is 20.1 Å². The minimum absolute atomic E-state index is 0.00103. The minimum Gasteiger partial charge on any atom is -0.394 e. The van der Waals surface area contributed by atoms with Crippen molar-refractivity contribution in [3.05, 3.63) is 58.1 Å². The van der Waals surface area contributed by atoms with Crippen LogP contribution in [0.3, 0.4) is 0 Å². The lowest BCUT2D eigenvalue weighted by Crippen LogP contribution is -2.52. The zero-order valence-electron chi connectivity index (χ0n) is 13.7. The Bertz CT molecular complexity index is 921. The summed E-state index contributed by atoms with van der Waals surface area (Å²) in [5.41, 5.74) is -1.41. The van der Waals surface area contributed by atoms with Gasteiger partial charge in [0.1, 0.15) is 18.3 Å². The average Bonchev–Trinajstić information content (AvgIpc) is 2.93. The third-order valence-electron chi connectivity index (χ3n) is 4.42. The summed E-state index contributed by atoms with van der Waals surface area (Å²) in [4.78, 5) is 28.0. The number of hydrogen-bond donors (Lipinski definition) is 5. The topological polar surface area (TPSA) is 154 Å². The molecule has 1 aromatic heterocycles. The van der Waals surface area contributed by atoms with Crippen LogP contribution >= 0.6 is 11.6 Å². The van der Waals surface area contributed by atoms with Crippen LogP contribution in [0.5, 0.6) is 0 Å². The number of aromatic nitrogens is 2. The van der Waals surface area contributed by atoms with Gasteiger partial charge in [-0.25, -0.2) is 4.79 Å². The van der Waals surface area contributed by atoms with Crippen molar-refractivity contribution >= 4 is 22.7 Å². The second kappa shape index (κ2) is 7.35. The van der Waals surface area contributed by atoms with Gasteiger partial charge in [-0.1, -0.05) is 18.2 Å². The standard InChI is InChI=1S/C16H16ClN3O7/c17-14(24)8-3-1-2-4-9(8)16(13(23)12(22)10(7-21)27-16)20-6-5-11(19-26)18-15(20)25/h1-6,10,12-13,21-23,26H,7H2,(H,18,19,25)/t10-,12-,13-,16-/m1/s1. The highest BCUT2D eigenvalue weighted by Gasteiger charge is 2.58. The van der Waals surface area contributed by atoms with E-state index in [9.17, 15) is 24.9 Å². The summed E-state index contributed by atoms with van der Waals surface area (Å²) in [5.74, 6) is -0.167. The fraction of sp³-hybridized carbons (Fsp3) is 0.312. The van der Waals surface area contributed by atoms with Crippen LogP contribution in [-0.2, 0) is 10.5 Å². The molecule has 27 heavy (non-hydrogen) atoms. The van der Waals surface area contributed by atoms with E-state index in [1.165, 1.54) is 30.3 Å². The predicted octanol–water partition coefficient (Wildman–Crippen LogP) is -0.763. The summed E-state index contributed by atoms with van der Waals surface area (Å²) in [6.45, 7) is -0.657. The van der Waals surface area contributed by atoms with Gasteiger partial charge in [0, 0.05) is 17.3 Å². The number of rotatable bonds is 5. The second-order valence-corrected chi connectivity index (χ2v) is 6.21. The van der Waals surface area contributed by atoms with E-state index in [2.05, 4.69) is 4.98 Å². The monoisotopic (exact) mass is 397 g/mol. The molecule has 4 atom stereocenters. The summed E-state index contributed by atoms with van der Waals surface area (Å²) < 4.78 is 6.58. The average molecular weight is 398 g/mol. The molecule has 0 radical (unpaired) electrons. The molecule has 1 aromatic carbocycles. The van der Waals surface area contributed by atoms with Crippen molar-refractivity contribution in [3.63, 3.8) is 0 Å². The van der Waals surface area contributed by atoms with Crippen LogP contribution < -0.4 is 11.2 Å². The van der Waals surface area contributed by atoms with Crippen molar-refractivity contribution in [3.8, 4) is 0 Å². The normalized spacial score (nSPS) is 27.5. The molecule has 0 aliphatic carbocycles. The SMILES string of the molecule is O=C(Cl)c1ccccc1[C@@]1(n2ccc(NO)nc2=O)O[C@H](CO)[C@@H](O)[C@H]1O. The number of aliphatic hydroxyl groups excluding tert-OH is 3. The van der Waals surface area contributed by atoms with Crippen molar-refractivity contribution < 1.29 is 30.1 Å². The molecule has 1 saturated heterocycles. The first-order valence-electron chi connectivity index (χ1n) is 7.81. The highest BCUT2D eigenvalue weighted by Crippen LogP contribution is 2.42. The number of halogens is 1. The molecule has 5 N–H and O–H groups in total. The van der Waals surface area contributed by atoms with E-state index in [-0.39, 0.29) is 16.9 Å². The van der Waals surface area contributed by atoms with Crippen molar-refractivity contribution in [2.45, 2.75) is 24.0 Å². The molecule has 0 bridgehead atoms. The Morgan fingerprint density at radius 1 is 1.33 bits per heavy atom. The third kappa shape index (κ3) is 3.02. The molecule has 0 saturated carbocycles. The molecule has 1 aliphatic heterocycles. The highest BCUT2D eigenvalue weighted by atomic mass is 35.5. The van der Waals surface area contributed by atoms with Gasteiger partial charge in [0.2, 0.25) is 5.72 Å². The van der Waals surface area contributed by atoms with Gasteiger partial charge in [0.05, 0.1) is 6.61 Å². The molecule has 0 spiro atoms. The molecule has 2 heterocycles. The largest absolute Gasteiger partial charge is 0.394 e. The van der Waals surface area contributed by atoms with Crippen LogP contribution in [0.4, 0.5) is 5.82 Å². The number of carbonyl (C=O) groups excluding carboxylic acids is 1. The Hall–Kier alpha value is -2.34. The molecule has 1 fully saturated rings. The van der Waals surface area contributed by atoms with Crippen molar-refractivity contribution in [1.29, 1.82) is 0 Å². The summed E-state index contributed by atoms with van der Waals surface area (Å²) in [5, 5.41) is 38.6. The van der Waals surface area contributed by atoms with Crippen LogP contribution in [0.15, 0.2) is 41.3 Å². The lowest BCUT2D eigenvalue weighted by molar-refractivity contribution is -0.120. The van der Waals surface area contributed by atoms with E-state index in [1.807, 2.05) is 0 Å². The summed E-state index contributed by atoms with van der Waals surface area (Å²) in [6.07, 6.45) is -3.42. The Morgan fingerprint density at radius 3 is 2.59 bits per heavy atom. The number of anilines is 1. The number of nitrogens with one attached hydrogen (secondary N) is 1. The van der Waals surface area contributed by atoms with Gasteiger partial charge >= 0.3 is 5.69 Å². The Balaban J connectivity index is 2.33. The maximum absolute atomic E-state index is 12.5. The van der Waals surface area contributed by atoms with Crippen LogP contribution in [0.1, 0.15) is 15.9 Å². The first-order valence-corrected chi connectivity index (χ1v) is 8.19. The van der Waals surface area contributed by atoms with Crippen LogP contribution in [0, 0.1) is 0 Å². The molecule has 3 rings (SSSR count). The first kappa shape index (κ1) is 19.4. The molecule has 0 unspecified atom stereocenters. The van der Waals surface area contributed by atoms with E-state index < -0.39 is 41.6 Å². The van der Waals surface area contributed by atoms with Gasteiger partial charge in [-0.2, -0.15) is 4.98 Å². The molecule has 1 aliphatic rings. The first-order chi connectivity index (χ1) is 12.9. The minimum atomic E-state index is -2.09. The van der Waals surface area contributed by atoms with Gasteiger partial charge in [0.25, 0.3) is 5.24 Å². The van der Waals surface area contributed by atoms with Gasteiger partial charge in [-0.05, 0) is 23.7 Å². The molecule has 11 heteroatoms. The van der Waals surface area contributed by atoms with Crippen LogP contribution in [0.2, 0.25) is 0 Å². The fourth-order valence-corrected chi connectivity index (χ4v) is 3.35. The molecular formula is C16H16ClN3O7. The number of benzene rings is 1. The smallest absolute Gasteiger partial charge is 0.352 e. The van der Waals surface area contributed by atoms with Gasteiger partial charge in [0.15, 0.2) is 5.82 Å². The number of hydrogen-bond acceptors (Lipinski definition) is 9. The maximum Gasteiger partial charge on any atom is 0.352 e. The Labute approximate surface area is 157 Å². The molecule has 0 amide bonds. The van der Waals surface area contributed by atoms with E-state index in [4.69, 9.17) is 21.5 Å². The molecule has 144 valence electrons. The molecule has 2 aromatic rings. The van der Waals surface area contributed by atoms with Gasteiger partial charge in [-0.3, -0.25) is 20.0 Å². The van der Waals surface area contributed by atoms with E-state index >= 15 is 0 Å². The van der Waals surface area contributed by atoms with E-state index in [0.29, 0.717) is 0 Å². The summed E-state index contributed by atoms with van der Waals surface area (Å²) >= 11 is 5.64. The number of aliphatic hydroxyl groups is 3. The maximum atomic E-state index is 12.5. The predicted molar refractivity (Wildman–Crippen MR) is 91.6 cm³/mol. The van der Waals surface area contributed by atoms with Crippen molar-refractivity contribution in [1.82, 2.24) is 9.55 Å². The second-order valence-electron chi connectivity index (χ2n) is 5.87.